The quantitative estimate of drug-likeness (QED) is 0.154. The van der Waals surface area contributed by atoms with Gasteiger partial charge in [0.05, 0.1) is 32.5 Å². The molecule has 4 rings (SSSR count). The van der Waals surface area contributed by atoms with Gasteiger partial charge in [0.2, 0.25) is 5.91 Å². The highest BCUT2D eigenvalue weighted by atomic mass is 16.7. The maximum atomic E-state index is 12.5. The van der Waals surface area contributed by atoms with E-state index in [1.54, 1.807) is 13.0 Å². The van der Waals surface area contributed by atoms with Crippen molar-refractivity contribution in [1.82, 2.24) is 5.32 Å². The van der Waals surface area contributed by atoms with Crippen LogP contribution in [0.4, 0.5) is 0 Å². The Kier molecular flexibility index (Phi) is 15.1. The first-order valence-electron chi connectivity index (χ1n) is 16.7. The molecule has 2 fully saturated rings. The zero-order valence-corrected chi connectivity index (χ0v) is 29.5. The van der Waals surface area contributed by atoms with Crippen LogP contribution in [0.2, 0.25) is 0 Å². The molecule has 0 spiro atoms. The molecule has 2 heterocycles. The van der Waals surface area contributed by atoms with Crippen LogP contribution in [0.5, 0.6) is 0 Å². The molecule has 10 atom stereocenters. The Morgan fingerprint density at radius 2 is 1.20 bits per heavy atom. The molecule has 1 N–H and O–H groups in total. The maximum Gasteiger partial charge on any atom is 0.303 e. The summed E-state index contributed by atoms with van der Waals surface area (Å²) in [4.78, 5) is 48.9. The normalized spacial score (nSPS) is 29.0. The summed E-state index contributed by atoms with van der Waals surface area (Å²) >= 11 is 0. The minimum Gasteiger partial charge on any atom is -0.456 e. The third kappa shape index (κ3) is 11.7. The van der Waals surface area contributed by atoms with Gasteiger partial charge in [0, 0.05) is 27.7 Å². The van der Waals surface area contributed by atoms with Crippen molar-refractivity contribution in [3.63, 3.8) is 0 Å². The van der Waals surface area contributed by atoms with E-state index in [4.69, 9.17) is 42.6 Å². The Morgan fingerprint density at radius 3 is 1.73 bits per heavy atom. The molecule has 2 aliphatic rings. The van der Waals surface area contributed by atoms with Crippen LogP contribution in [-0.2, 0) is 75.0 Å². The summed E-state index contributed by atoms with van der Waals surface area (Å²) in [5.74, 6) is -2.40. The van der Waals surface area contributed by atoms with E-state index in [1.165, 1.54) is 27.7 Å². The Labute approximate surface area is 297 Å². The first-order valence-corrected chi connectivity index (χ1v) is 16.7. The van der Waals surface area contributed by atoms with Crippen molar-refractivity contribution in [3.8, 4) is 0 Å². The first kappa shape index (κ1) is 39.6. The topological polar surface area (TPSA) is 163 Å². The number of rotatable bonds is 16. The molecule has 1 amide bonds. The molecule has 1 unspecified atom stereocenters. The van der Waals surface area contributed by atoms with Crippen molar-refractivity contribution in [1.29, 1.82) is 0 Å². The second-order valence-corrected chi connectivity index (χ2v) is 12.2. The Bertz CT molecular complexity index is 1440. The van der Waals surface area contributed by atoms with E-state index in [0.29, 0.717) is 0 Å². The van der Waals surface area contributed by atoms with E-state index >= 15 is 0 Å². The van der Waals surface area contributed by atoms with Gasteiger partial charge in [-0.3, -0.25) is 19.2 Å². The standard InChI is InChI=1S/C37H47NO13/c1-7-18-43-36-30(38-23(3)39)33(45-20-28-16-12-9-13-17-28)32(44-19-27-14-10-8-11-15-27)29(51-36)21-46-37-35(50-26(6)42)34(49-25(5)41)31(22(2)47-37)48-24(4)40/h7-17,22,29-37H,1,18-21H2,2-6H3,(H,38,39)/t22-,29+,30+,31+,32+,33+,34+,35-,36-,37?/m0/s1. The van der Waals surface area contributed by atoms with Crippen LogP contribution in [0.1, 0.15) is 45.7 Å². The molecule has 51 heavy (non-hydrogen) atoms. The number of carbonyl (C=O) groups excluding carboxylic acids is 4. The average Bonchev–Trinajstić information content (AvgIpc) is 3.08. The van der Waals surface area contributed by atoms with Crippen molar-refractivity contribution < 1.29 is 61.8 Å². The third-order valence-electron chi connectivity index (χ3n) is 8.02. The van der Waals surface area contributed by atoms with Gasteiger partial charge in [-0.15, -0.1) is 6.58 Å². The van der Waals surface area contributed by atoms with Crippen molar-refractivity contribution in [2.45, 2.75) is 109 Å². The van der Waals surface area contributed by atoms with Crippen LogP contribution in [0, 0.1) is 0 Å². The summed E-state index contributed by atoms with van der Waals surface area (Å²) in [6.07, 6.45) is -7.92. The van der Waals surface area contributed by atoms with E-state index < -0.39 is 79.3 Å². The van der Waals surface area contributed by atoms with Crippen molar-refractivity contribution in [2.24, 2.45) is 0 Å². The number of benzene rings is 2. The van der Waals surface area contributed by atoms with Crippen LogP contribution in [-0.4, -0.2) is 98.4 Å². The molecular formula is C37H47NO13. The molecule has 0 radical (unpaired) electrons. The van der Waals surface area contributed by atoms with E-state index in [9.17, 15) is 19.2 Å². The minimum absolute atomic E-state index is 0.0919. The number of hydrogen-bond donors (Lipinski definition) is 1. The zero-order chi connectivity index (χ0) is 36.9. The number of hydrogen-bond acceptors (Lipinski definition) is 13. The van der Waals surface area contributed by atoms with Gasteiger partial charge in [0.25, 0.3) is 0 Å². The second kappa shape index (κ2) is 19.4. The summed E-state index contributed by atoms with van der Waals surface area (Å²) in [6, 6.07) is 18.2. The number of carbonyl (C=O) groups is 4. The number of esters is 3. The smallest absolute Gasteiger partial charge is 0.303 e. The van der Waals surface area contributed by atoms with E-state index in [1.807, 2.05) is 60.7 Å². The number of nitrogens with one attached hydrogen (secondary N) is 1. The molecule has 2 aromatic carbocycles. The predicted octanol–water partition coefficient (Wildman–Crippen LogP) is 3.15. The second-order valence-electron chi connectivity index (χ2n) is 12.2. The van der Waals surface area contributed by atoms with Crippen molar-refractivity contribution in [2.75, 3.05) is 13.2 Å². The maximum absolute atomic E-state index is 12.5. The van der Waals surface area contributed by atoms with Gasteiger partial charge in [-0.1, -0.05) is 66.7 Å². The number of amides is 1. The van der Waals surface area contributed by atoms with Gasteiger partial charge >= 0.3 is 17.9 Å². The fraction of sp³-hybridized carbons (Fsp3) is 0.514. The predicted molar refractivity (Wildman–Crippen MR) is 179 cm³/mol. The lowest BCUT2D eigenvalue weighted by Crippen LogP contribution is -2.66. The van der Waals surface area contributed by atoms with Gasteiger partial charge in [0.15, 0.2) is 30.9 Å². The summed E-state index contributed by atoms with van der Waals surface area (Å²) in [6.45, 7) is 10.5. The fourth-order valence-corrected chi connectivity index (χ4v) is 5.96. The highest BCUT2D eigenvalue weighted by Crippen LogP contribution is 2.32. The van der Waals surface area contributed by atoms with Crippen molar-refractivity contribution >= 4 is 23.8 Å². The molecule has 0 bridgehead atoms. The van der Waals surface area contributed by atoms with Crippen LogP contribution >= 0.6 is 0 Å². The Morgan fingerprint density at radius 1 is 0.667 bits per heavy atom. The van der Waals surface area contributed by atoms with Crippen LogP contribution in [0.3, 0.4) is 0 Å². The molecule has 0 aromatic heterocycles. The molecule has 14 heteroatoms. The zero-order valence-electron chi connectivity index (χ0n) is 29.5. The van der Waals surface area contributed by atoms with Crippen LogP contribution in [0.25, 0.3) is 0 Å². The third-order valence-corrected chi connectivity index (χ3v) is 8.02. The van der Waals surface area contributed by atoms with E-state index in [-0.39, 0.29) is 32.3 Å². The average molecular weight is 714 g/mol. The van der Waals surface area contributed by atoms with Gasteiger partial charge in [0.1, 0.15) is 24.4 Å². The SMILES string of the molecule is C=CCO[C@H]1O[C@H](COC2O[C@@H](C)[C@@H](OC(C)=O)[C@@H](OC(C)=O)[C@@H]2OC(C)=O)[C@@H](OCc2ccccc2)[C@H](OCc2ccccc2)[C@H]1NC(C)=O. The molecule has 2 aromatic rings. The van der Waals surface area contributed by atoms with Crippen molar-refractivity contribution in [3.05, 3.63) is 84.4 Å². The largest absolute Gasteiger partial charge is 0.456 e. The lowest BCUT2D eigenvalue weighted by molar-refractivity contribution is -0.324. The summed E-state index contributed by atoms with van der Waals surface area (Å²) in [7, 11) is 0. The molecule has 0 saturated carbocycles. The molecule has 278 valence electrons. The molecule has 2 aliphatic heterocycles. The minimum atomic E-state index is -1.33. The lowest BCUT2D eigenvalue weighted by atomic mass is 9.95. The fourth-order valence-electron chi connectivity index (χ4n) is 5.96. The van der Waals surface area contributed by atoms with E-state index in [2.05, 4.69) is 11.9 Å². The van der Waals surface area contributed by atoms with Gasteiger partial charge < -0.3 is 47.9 Å². The van der Waals surface area contributed by atoms with Gasteiger partial charge in [-0.05, 0) is 18.1 Å². The van der Waals surface area contributed by atoms with Gasteiger partial charge in [-0.2, -0.15) is 0 Å². The monoisotopic (exact) mass is 713 g/mol. The summed E-state index contributed by atoms with van der Waals surface area (Å²) < 4.78 is 54.4. The first-order chi connectivity index (χ1) is 24.5. The molecule has 2 saturated heterocycles. The Hall–Kier alpha value is -4.18. The van der Waals surface area contributed by atoms with Crippen LogP contribution < -0.4 is 5.32 Å². The molecule has 0 aliphatic carbocycles. The summed E-state index contributed by atoms with van der Waals surface area (Å²) in [5, 5.41) is 2.92. The van der Waals surface area contributed by atoms with Crippen LogP contribution in [0.15, 0.2) is 73.3 Å². The summed E-state index contributed by atoms with van der Waals surface area (Å²) in [5.41, 5.74) is 1.76. The highest BCUT2D eigenvalue weighted by molar-refractivity contribution is 5.73. The molecule has 14 nitrogen and oxygen atoms in total. The van der Waals surface area contributed by atoms with Gasteiger partial charge in [-0.25, -0.2) is 0 Å². The molecular weight excluding hydrogens is 666 g/mol. The van der Waals surface area contributed by atoms with E-state index in [0.717, 1.165) is 11.1 Å². The Balaban J connectivity index is 1.68. The lowest BCUT2D eigenvalue weighted by Gasteiger charge is -2.47. The number of ether oxygens (including phenoxy) is 9. The highest BCUT2D eigenvalue weighted by Gasteiger charge is 2.53.